The van der Waals surface area contributed by atoms with Crippen LogP contribution >= 0.6 is 0 Å². The highest BCUT2D eigenvalue weighted by atomic mass is 16.6. The van der Waals surface area contributed by atoms with E-state index in [1.165, 1.54) is 167 Å². The van der Waals surface area contributed by atoms with Crippen LogP contribution in [0.25, 0.3) is 0 Å². The first-order valence-corrected chi connectivity index (χ1v) is 23.5. The molecule has 0 aromatic carbocycles. The molecule has 0 saturated carbocycles. The lowest BCUT2D eigenvalue weighted by molar-refractivity contribution is -0.167. The number of ether oxygens (including phenoxy) is 3. The van der Waals surface area contributed by atoms with Gasteiger partial charge in [0.25, 0.3) is 0 Å². The molecule has 1 unspecified atom stereocenters. The SMILES string of the molecule is CCCCCCCCCCCCCCCC(=O)OCC(COC(=O)CCCCCCCCCCCC)OC(=O)CCCCCCCCCCCCCC. The lowest BCUT2D eigenvalue weighted by Gasteiger charge is -2.18. The van der Waals surface area contributed by atoms with Gasteiger partial charge in [0.05, 0.1) is 0 Å². The van der Waals surface area contributed by atoms with Crippen molar-refractivity contribution in [3.8, 4) is 0 Å². The van der Waals surface area contributed by atoms with E-state index in [1.807, 2.05) is 0 Å². The van der Waals surface area contributed by atoms with Gasteiger partial charge >= 0.3 is 17.9 Å². The van der Waals surface area contributed by atoms with Crippen molar-refractivity contribution < 1.29 is 28.6 Å². The van der Waals surface area contributed by atoms with Crippen LogP contribution < -0.4 is 0 Å². The Balaban J connectivity index is 4.31. The summed E-state index contributed by atoms with van der Waals surface area (Å²) in [6, 6.07) is 0. The summed E-state index contributed by atoms with van der Waals surface area (Å²) in [6.07, 6.45) is 43.6. The molecule has 6 nitrogen and oxygen atoms in total. The summed E-state index contributed by atoms with van der Waals surface area (Å²) in [7, 11) is 0. The fourth-order valence-electron chi connectivity index (χ4n) is 7.03. The van der Waals surface area contributed by atoms with Gasteiger partial charge in [0.1, 0.15) is 13.2 Å². The van der Waals surface area contributed by atoms with E-state index in [0.717, 1.165) is 57.8 Å². The Kier molecular flexibility index (Phi) is 41.8. The van der Waals surface area contributed by atoms with Crippen molar-refractivity contribution in [1.82, 2.24) is 0 Å². The molecule has 314 valence electrons. The fraction of sp³-hybridized carbons (Fsp3) is 0.936. The van der Waals surface area contributed by atoms with E-state index in [1.54, 1.807) is 0 Å². The summed E-state index contributed by atoms with van der Waals surface area (Å²) in [6.45, 7) is 6.64. The van der Waals surface area contributed by atoms with Crippen molar-refractivity contribution >= 4 is 17.9 Å². The molecule has 0 aromatic heterocycles. The molecule has 0 aliphatic rings. The van der Waals surface area contributed by atoms with Gasteiger partial charge in [-0.25, -0.2) is 0 Å². The Labute approximate surface area is 329 Å². The third-order valence-electron chi connectivity index (χ3n) is 10.6. The Morgan fingerprint density at radius 2 is 0.509 bits per heavy atom. The minimum atomic E-state index is -0.757. The summed E-state index contributed by atoms with van der Waals surface area (Å²) in [5, 5.41) is 0. The molecular formula is C47H90O6. The summed E-state index contributed by atoms with van der Waals surface area (Å²) in [5.74, 6) is -0.850. The molecule has 0 heterocycles. The van der Waals surface area contributed by atoms with Crippen LogP contribution in [0.15, 0.2) is 0 Å². The third kappa shape index (κ3) is 41.4. The topological polar surface area (TPSA) is 78.9 Å². The van der Waals surface area contributed by atoms with Crippen molar-refractivity contribution in [3.05, 3.63) is 0 Å². The molecule has 0 saturated heterocycles. The molecule has 0 aliphatic carbocycles. The Hall–Kier alpha value is -1.59. The van der Waals surface area contributed by atoms with Crippen LogP contribution in [0.3, 0.4) is 0 Å². The zero-order valence-corrected chi connectivity index (χ0v) is 35.8. The lowest BCUT2D eigenvalue weighted by Crippen LogP contribution is -2.30. The van der Waals surface area contributed by atoms with E-state index < -0.39 is 6.10 Å². The number of esters is 3. The molecule has 6 heteroatoms. The molecule has 53 heavy (non-hydrogen) atoms. The number of carbonyl (C=O) groups excluding carboxylic acids is 3. The molecule has 0 rings (SSSR count). The predicted molar refractivity (Wildman–Crippen MR) is 224 cm³/mol. The zero-order valence-electron chi connectivity index (χ0n) is 35.8. The highest BCUT2D eigenvalue weighted by Gasteiger charge is 2.19. The fourth-order valence-corrected chi connectivity index (χ4v) is 7.03. The number of hydrogen-bond donors (Lipinski definition) is 0. The van der Waals surface area contributed by atoms with E-state index in [9.17, 15) is 14.4 Å². The van der Waals surface area contributed by atoms with E-state index >= 15 is 0 Å². The summed E-state index contributed by atoms with van der Waals surface area (Å²) >= 11 is 0. The first-order valence-electron chi connectivity index (χ1n) is 23.5. The minimum absolute atomic E-state index is 0.0625. The van der Waals surface area contributed by atoms with Gasteiger partial charge in [-0.1, -0.05) is 226 Å². The van der Waals surface area contributed by atoms with Crippen molar-refractivity contribution in [3.63, 3.8) is 0 Å². The second-order valence-electron chi connectivity index (χ2n) is 16.0. The zero-order chi connectivity index (χ0) is 38.7. The molecule has 0 amide bonds. The average molecular weight is 751 g/mol. The smallest absolute Gasteiger partial charge is 0.306 e. The summed E-state index contributed by atoms with van der Waals surface area (Å²) in [5.41, 5.74) is 0. The number of unbranched alkanes of at least 4 members (excludes halogenated alkanes) is 32. The van der Waals surface area contributed by atoms with Crippen LogP contribution in [0, 0.1) is 0 Å². The van der Waals surface area contributed by atoms with Gasteiger partial charge in [-0.05, 0) is 19.3 Å². The summed E-state index contributed by atoms with van der Waals surface area (Å²) in [4.78, 5) is 37.7. The number of rotatable bonds is 43. The van der Waals surface area contributed by atoms with Crippen LogP contribution in [0.1, 0.15) is 265 Å². The number of hydrogen-bond acceptors (Lipinski definition) is 6. The van der Waals surface area contributed by atoms with Crippen molar-refractivity contribution in [2.75, 3.05) is 13.2 Å². The average Bonchev–Trinajstić information content (AvgIpc) is 3.15. The maximum absolute atomic E-state index is 12.7. The molecular weight excluding hydrogens is 661 g/mol. The first kappa shape index (κ1) is 51.4. The molecule has 1 atom stereocenters. The van der Waals surface area contributed by atoms with Gasteiger partial charge < -0.3 is 14.2 Å². The van der Waals surface area contributed by atoms with Gasteiger partial charge in [0.15, 0.2) is 6.10 Å². The molecule has 0 N–H and O–H groups in total. The van der Waals surface area contributed by atoms with Crippen molar-refractivity contribution in [1.29, 1.82) is 0 Å². The minimum Gasteiger partial charge on any atom is -0.462 e. The summed E-state index contributed by atoms with van der Waals surface area (Å²) < 4.78 is 16.7. The molecule has 0 radical (unpaired) electrons. The van der Waals surface area contributed by atoms with Crippen LogP contribution in [0.5, 0.6) is 0 Å². The van der Waals surface area contributed by atoms with Gasteiger partial charge in [0, 0.05) is 19.3 Å². The van der Waals surface area contributed by atoms with Crippen molar-refractivity contribution in [2.24, 2.45) is 0 Å². The Bertz CT molecular complexity index is 783. The Morgan fingerprint density at radius 3 is 0.755 bits per heavy atom. The normalized spacial score (nSPS) is 11.8. The maximum atomic E-state index is 12.7. The second kappa shape index (κ2) is 43.1. The van der Waals surface area contributed by atoms with E-state index in [4.69, 9.17) is 14.2 Å². The maximum Gasteiger partial charge on any atom is 0.306 e. The van der Waals surface area contributed by atoms with Gasteiger partial charge in [0.2, 0.25) is 0 Å². The molecule has 0 bridgehead atoms. The van der Waals surface area contributed by atoms with Crippen LogP contribution in [-0.2, 0) is 28.6 Å². The second-order valence-corrected chi connectivity index (χ2v) is 16.0. The highest BCUT2D eigenvalue weighted by molar-refractivity contribution is 5.71. The standard InChI is InChI=1S/C47H90O6/c1-4-7-10-13-16-19-22-24-26-28-31-34-37-40-46(49)52-43-44(42-51-45(48)39-36-33-30-27-21-18-15-12-9-6-3)53-47(50)41-38-35-32-29-25-23-20-17-14-11-8-5-2/h44H,4-43H2,1-3H3. The molecule has 0 aromatic rings. The third-order valence-corrected chi connectivity index (χ3v) is 10.6. The van der Waals surface area contributed by atoms with Crippen LogP contribution in [0.2, 0.25) is 0 Å². The quantitative estimate of drug-likeness (QED) is 0.0351. The van der Waals surface area contributed by atoms with Crippen LogP contribution in [-0.4, -0.2) is 37.2 Å². The van der Waals surface area contributed by atoms with Crippen LogP contribution in [0.4, 0.5) is 0 Å². The monoisotopic (exact) mass is 751 g/mol. The predicted octanol–water partition coefficient (Wildman–Crippen LogP) is 14.9. The largest absolute Gasteiger partial charge is 0.462 e. The highest BCUT2D eigenvalue weighted by Crippen LogP contribution is 2.16. The molecule has 0 fully saturated rings. The molecule has 0 aliphatic heterocycles. The number of carbonyl (C=O) groups is 3. The van der Waals surface area contributed by atoms with E-state index in [-0.39, 0.29) is 31.1 Å². The van der Waals surface area contributed by atoms with Gasteiger partial charge in [-0.2, -0.15) is 0 Å². The van der Waals surface area contributed by atoms with E-state index in [2.05, 4.69) is 20.8 Å². The first-order chi connectivity index (χ1) is 26.0. The van der Waals surface area contributed by atoms with Crippen molar-refractivity contribution in [2.45, 2.75) is 271 Å². The van der Waals surface area contributed by atoms with E-state index in [0.29, 0.717) is 19.3 Å². The Morgan fingerprint density at radius 1 is 0.302 bits per heavy atom. The van der Waals surface area contributed by atoms with Gasteiger partial charge in [-0.3, -0.25) is 14.4 Å². The molecule has 0 spiro atoms. The lowest BCUT2D eigenvalue weighted by atomic mass is 10.0. The van der Waals surface area contributed by atoms with Gasteiger partial charge in [-0.15, -0.1) is 0 Å².